The van der Waals surface area contributed by atoms with Crippen LogP contribution < -0.4 is 10.5 Å². The van der Waals surface area contributed by atoms with Crippen LogP contribution in [0.25, 0.3) is 0 Å². The molecule has 7 heteroatoms. The molecule has 1 aromatic carbocycles. The van der Waals surface area contributed by atoms with Gasteiger partial charge in [0.15, 0.2) is 0 Å². The van der Waals surface area contributed by atoms with Gasteiger partial charge in [-0.1, -0.05) is 15.9 Å². The number of benzene rings is 1. The highest BCUT2D eigenvalue weighted by molar-refractivity contribution is 9.10. The largest absolute Gasteiger partial charge is 0.398 e. The molecule has 0 radical (unpaired) electrons. The fourth-order valence-electron chi connectivity index (χ4n) is 3.31. The summed E-state index contributed by atoms with van der Waals surface area (Å²) in [4.78, 5) is 2.60. The van der Waals surface area contributed by atoms with Crippen molar-refractivity contribution in [3.05, 3.63) is 22.2 Å². The van der Waals surface area contributed by atoms with Crippen LogP contribution in [-0.4, -0.2) is 39.0 Å². The molecule has 2 bridgehead atoms. The minimum absolute atomic E-state index is 0.0112. The van der Waals surface area contributed by atoms with Crippen LogP contribution in [0.4, 0.5) is 5.69 Å². The van der Waals surface area contributed by atoms with Gasteiger partial charge >= 0.3 is 0 Å². The van der Waals surface area contributed by atoms with E-state index in [1.807, 2.05) is 0 Å². The first-order valence-electron chi connectivity index (χ1n) is 7.17. The van der Waals surface area contributed by atoms with Crippen LogP contribution in [0.1, 0.15) is 18.4 Å². The van der Waals surface area contributed by atoms with E-state index >= 15 is 0 Å². The number of hydrogen-bond acceptors (Lipinski definition) is 4. The Morgan fingerprint density at radius 2 is 2.00 bits per heavy atom. The maximum absolute atomic E-state index is 12.7. The third-order valence-electron chi connectivity index (χ3n) is 4.62. The van der Waals surface area contributed by atoms with Crippen molar-refractivity contribution in [1.82, 2.24) is 9.62 Å². The quantitative estimate of drug-likeness (QED) is 0.790. The average molecular weight is 374 g/mol. The van der Waals surface area contributed by atoms with Crippen molar-refractivity contribution < 1.29 is 8.42 Å². The van der Waals surface area contributed by atoms with Gasteiger partial charge < -0.3 is 10.6 Å². The molecule has 0 saturated carbocycles. The summed E-state index contributed by atoms with van der Waals surface area (Å²) in [5.41, 5.74) is 6.97. The maximum atomic E-state index is 12.7. The Morgan fingerprint density at radius 1 is 1.33 bits per heavy atom. The van der Waals surface area contributed by atoms with Gasteiger partial charge in [-0.2, -0.15) is 0 Å². The third-order valence-corrected chi connectivity index (χ3v) is 6.69. The SMILES string of the molecule is Cc1c(N)cc(Br)cc1S(=O)(=O)NC1CN2CCC1CC2. The van der Waals surface area contributed by atoms with Gasteiger partial charge in [-0.3, -0.25) is 0 Å². The molecule has 3 fully saturated rings. The Balaban J connectivity index is 1.88. The Labute approximate surface area is 134 Å². The molecule has 1 unspecified atom stereocenters. The first-order valence-corrected chi connectivity index (χ1v) is 9.45. The Hall–Kier alpha value is -0.630. The lowest BCUT2D eigenvalue weighted by atomic mass is 9.85. The normalized spacial score (nSPS) is 28.8. The zero-order valence-electron chi connectivity index (χ0n) is 12.0. The van der Waals surface area contributed by atoms with Crippen LogP contribution >= 0.6 is 15.9 Å². The number of halogens is 1. The number of anilines is 1. The van der Waals surface area contributed by atoms with Crippen molar-refractivity contribution in [1.29, 1.82) is 0 Å². The number of piperidine rings is 3. The second-order valence-corrected chi connectivity index (χ2v) is 8.58. The highest BCUT2D eigenvalue weighted by atomic mass is 79.9. The van der Waals surface area contributed by atoms with Gasteiger partial charge in [0.05, 0.1) is 4.90 Å². The van der Waals surface area contributed by atoms with Crippen LogP contribution in [0.15, 0.2) is 21.5 Å². The molecule has 3 N–H and O–H groups in total. The van der Waals surface area contributed by atoms with E-state index in [4.69, 9.17) is 5.73 Å². The highest BCUT2D eigenvalue weighted by Crippen LogP contribution is 2.30. The zero-order chi connectivity index (χ0) is 15.2. The first-order chi connectivity index (χ1) is 9.87. The summed E-state index contributed by atoms with van der Waals surface area (Å²) in [6.07, 6.45) is 2.15. The topological polar surface area (TPSA) is 75.4 Å². The molecule has 3 heterocycles. The molecular weight excluding hydrogens is 354 g/mol. The van der Waals surface area contributed by atoms with E-state index in [2.05, 4.69) is 25.6 Å². The van der Waals surface area contributed by atoms with Gasteiger partial charge in [0.1, 0.15) is 0 Å². The smallest absolute Gasteiger partial charge is 0.241 e. The highest BCUT2D eigenvalue weighted by Gasteiger charge is 2.36. The molecule has 3 aliphatic heterocycles. The van der Waals surface area contributed by atoms with E-state index in [1.165, 1.54) is 0 Å². The van der Waals surface area contributed by atoms with Gasteiger partial charge in [-0.15, -0.1) is 0 Å². The number of nitrogen functional groups attached to an aromatic ring is 1. The summed E-state index contributed by atoms with van der Waals surface area (Å²) in [6, 6.07) is 3.36. The van der Waals surface area contributed by atoms with Crippen molar-refractivity contribution in [2.75, 3.05) is 25.4 Å². The minimum atomic E-state index is -3.54. The van der Waals surface area contributed by atoms with Crippen molar-refractivity contribution in [3.8, 4) is 0 Å². The van der Waals surface area contributed by atoms with Gasteiger partial charge in [0.25, 0.3) is 0 Å². The number of sulfonamides is 1. The van der Waals surface area contributed by atoms with Crippen molar-refractivity contribution in [3.63, 3.8) is 0 Å². The molecule has 3 saturated heterocycles. The molecule has 1 atom stereocenters. The summed E-state index contributed by atoms with van der Waals surface area (Å²) < 4.78 is 29.0. The number of rotatable bonds is 3. The number of fused-ring (bicyclic) bond motifs is 3. The molecule has 5 nitrogen and oxygen atoms in total. The van der Waals surface area contributed by atoms with Crippen molar-refractivity contribution >= 4 is 31.6 Å². The Bertz CT molecular complexity index is 654. The molecule has 0 spiro atoms. The lowest BCUT2D eigenvalue weighted by Crippen LogP contribution is -2.57. The third kappa shape index (κ3) is 2.97. The lowest BCUT2D eigenvalue weighted by Gasteiger charge is -2.44. The average Bonchev–Trinajstić information content (AvgIpc) is 2.43. The minimum Gasteiger partial charge on any atom is -0.398 e. The summed E-state index contributed by atoms with van der Waals surface area (Å²) in [6.45, 7) is 4.73. The molecule has 1 aromatic rings. The molecule has 3 aliphatic rings. The van der Waals surface area contributed by atoms with E-state index in [0.29, 0.717) is 21.6 Å². The van der Waals surface area contributed by atoms with Crippen LogP contribution in [0, 0.1) is 12.8 Å². The molecule has 21 heavy (non-hydrogen) atoms. The maximum Gasteiger partial charge on any atom is 0.241 e. The molecule has 4 rings (SSSR count). The summed E-state index contributed by atoms with van der Waals surface area (Å²) in [5, 5.41) is 0. The van der Waals surface area contributed by atoms with Crippen LogP contribution in [0.2, 0.25) is 0 Å². The molecule has 0 aromatic heterocycles. The molecular formula is C14H20BrN3O2S. The summed E-state index contributed by atoms with van der Waals surface area (Å²) >= 11 is 3.32. The van der Waals surface area contributed by atoms with Gasteiger partial charge in [-0.25, -0.2) is 13.1 Å². The standard InChI is InChI=1S/C14H20BrN3O2S/c1-9-12(16)6-11(15)7-14(9)21(19,20)17-13-8-18-4-2-10(13)3-5-18/h6-7,10,13,17H,2-5,8,16H2,1H3. The van der Waals surface area contributed by atoms with E-state index in [-0.39, 0.29) is 10.9 Å². The second kappa shape index (κ2) is 5.53. The van der Waals surface area contributed by atoms with Crippen molar-refractivity contribution in [2.24, 2.45) is 5.92 Å². The summed E-state index contributed by atoms with van der Waals surface area (Å²) in [5.74, 6) is 0.453. The fraction of sp³-hybridized carbons (Fsp3) is 0.571. The number of nitrogens with one attached hydrogen (secondary N) is 1. The van der Waals surface area contributed by atoms with Gasteiger partial charge in [0.2, 0.25) is 10.0 Å². The van der Waals surface area contributed by atoms with Crippen LogP contribution in [-0.2, 0) is 10.0 Å². The van der Waals surface area contributed by atoms with E-state index in [9.17, 15) is 8.42 Å². The zero-order valence-corrected chi connectivity index (χ0v) is 14.4. The lowest BCUT2D eigenvalue weighted by molar-refractivity contribution is 0.0827. The van der Waals surface area contributed by atoms with Gasteiger partial charge in [-0.05, 0) is 56.5 Å². The number of nitrogens with zero attached hydrogens (tertiary/aromatic N) is 1. The van der Waals surface area contributed by atoms with Gasteiger partial charge in [0, 0.05) is 22.7 Å². The van der Waals surface area contributed by atoms with E-state index in [0.717, 1.165) is 32.5 Å². The molecule has 0 amide bonds. The summed E-state index contributed by atoms with van der Waals surface area (Å²) in [7, 11) is -3.54. The predicted octanol–water partition coefficient (Wildman–Crippen LogP) is 1.71. The second-order valence-electron chi connectivity index (χ2n) is 5.98. The van der Waals surface area contributed by atoms with Crippen LogP contribution in [0.3, 0.4) is 0 Å². The van der Waals surface area contributed by atoms with Crippen LogP contribution in [0.5, 0.6) is 0 Å². The first kappa shape index (κ1) is 15.3. The van der Waals surface area contributed by atoms with Crippen molar-refractivity contribution in [2.45, 2.75) is 30.7 Å². The Morgan fingerprint density at radius 3 is 2.57 bits per heavy atom. The van der Waals surface area contributed by atoms with E-state index in [1.54, 1.807) is 19.1 Å². The number of hydrogen-bond donors (Lipinski definition) is 2. The fourth-order valence-corrected chi connectivity index (χ4v) is 5.54. The Kier molecular flexibility index (Phi) is 4.02. The number of nitrogens with two attached hydrogens (primary N) is 1. The molecule has 0 aliphatic carbocycles. The predicted molar refractivity (Wildman–Crippen MR) is 86.6 cm³/mol. The monoisotopic (exact) mass is 373 g/mol. The molecule has 116 valence electrons. The van der Waals surface area contributed by atoms with E-state index < -0.39 is 10.0 Å².